The SMILES string of the molecule is N#Cc1ccc(Oc2cc(-c3ccccc3)ccc2NCC2CCCN2)cc1. The maximum Gasteiger partial charge on any atom is 0.151 e. The zero-order valence-electron chi connectivity index (χ0n) is 15.7. The maximum absolute atomic E-state index is 8.99. The first-order chi connectivity index (χ1) is 13.8. The molecule has 3 aromatic carbocycles. The molecule has 0 saturated carbocycles. The Hall–Kier alpha value is -3.29. The number of hydrogen-bond acceptors (Lipinski definition) is 4. The molecule has 28 heavy (non-hydrogen) atoms. The maximum atomic E-state index is 8.99. The fourth-order valence-corrected chi connectivity index (χ4v) is 3.45. The first-order valence-corrected chi connectivity index (χ1v) is 9.66. The van der Waals surface area contributed by atoms with E-state index in [-0.39, 0.29) is 0 Å². The Balaban J connectivity index is 1.61. The summed E-state index contributed by atoms with van der Waals surface area (Å²) in [7, 11) is 0. The quantitative estimate of drug-likeness (QED) is 0.628. The van der Waals surface area contributed by atoms with Crippen LogP contribution in [0.15, 0.2) is 72.8 Å². The number of nitriles is 1. The molecule has 4 nitrogen and oxygen atoms in total. The molecule has 1 fully saturated rings. The van der Waals surface area contributed by atoms with Gasteiger partial charge in [-0.3, -0.25) is 0 Å². The van der Waals surface area contributed by atoms with Gasteiger partial charge in [-0.05, 0) is 66.9 Å². The van der Waals surface area contributed by atoms with Gasteiger partial charge in [0.25, 0.3) is 0 Å². The molecule has 1 unspecified atom stereocenters. The van der Waals surface area contributed by atoms with Crippen molar-refractivity contribution < 1.29 is 4.74 Å². The summed E-state index contributed by atoms with van der Waals surface area (Å²) in [5.41, 5.74) is 3.85. The molecule has 1 aliphatic heterocycles. The van der Waals surface area contributed by atoms with Crippen LogP contribution < -0.4 is 15.4 Å². The molecule has 4 heteroatoms. The largest absolute Gasteiger partial charge is 0.455 e. The van der Waals surface area contributed by atoms with Gasteiger partial charge in [0.2, 0.25) is 0 Å². The van der Waals surface area contributed by atoms with Crippen LogP contribution in [0.2, 0.25) is 0 Å². The van der Waals surface area contributed by atoms with E-state index in [0.717, 1.165) is 35.7 Å². The minimum atomic E-state index is 0.497. The summed E-state index contributed by atoms with van der Waals surface area (Å²) in [6.07, 6.45) is 2.43. The fraction of sp³-hybridized carbons (Fsp3) is 0.208. The molecule has 2 N–H and O–H groups in total. The van der Waals surface area contributed by atoms with E-state index >= 15 is 0 Å². The van der Waals surface area contributed by atoms with Crippen molar-refractivity contribution in [2.75, 3.05) is 18.4 Å². The van der Waals surface area contributed by atoms with Gasteiger partial charge in [-0.1, -0.05) is 36.4 Å². The predicted molar refractivity (Wildman–Crippen MR) is 113 cm³/mol. The molecular weight excluding hydrogens is 346 g/mol. The summed E-state index contributed by atoms with van der Waals surface area (Å²) < 4.78 is 6.19. The first kappa shape index (κ1) is 18.1. The number of anilines is 1. The van der Waals surface area contributed by atoms with Gasteiger partial charge < -0.3 is 15.4 Å². The third-order valence-corrected chi connectivity index (χ3v) is 5.00. The average molecular weight is 369 g/mol. The van der Waals surface area contributed by atoms with E-state index in [1.54, 1.807) is 12.1 Å². The van der Waals surface area contributed by atoms with Gasteiger partial charge in [0.1, 0.15) is 5.75 Å². The Morgan fingerprint density at radius 1 is 1.00 bits per heavy atom. The molecule has 4 rings (SSSR count). The highest BCUT2D eigenvalue weighted by molar-refractivity contribution is 5.71. The van der Waals surface area contributed by atoms with Crippen LogP contribution in [0.1, 0.15) is 18.4 Å². The lowest BCUT2D eigenvalue weighted by Crippen LogP contribution is -2.29. The molecular formula is C24H23N3O. The lowest BCUT2D eigenvalue weighted by Gasteiger charge is -2.17. The normalized spacial score (nSPS) is 15.8. The highest BCUT2D eigenvalue weighted by atomic mass is 16.5. The second-order valence-electron chi connectivity index (χ2n) is 6.99. The Labute approximate surface area is 165 Å². The van der Waals surface area contributed by atoms with Crippen LogP contribution in [0, 0.1) is 11.3 Å². The van der Waals surface area contributed by atoms with Gasteiger partial charge in [-0.2, -0.15) is 5.26 Å². The lowest BCUT2D eigenvalue weighted by atomic mass is 10.0. The highest BCUT2D eigenvalue weighted by Crippen LogP contribution is 2.34. The van der Waals surface area contributed by atoms with Crippen LogP contribution in [0.5, 0.6) is 11.5 Å². The average Bonchev–Trinajstić information content (AvgIpc) is 3.28. The van der Waals surface area contributed by atoms with Gasteiger partial charge in [-0.15, -0.1) is 0 Å². The number of nitrogens with zero attached hydrogens (tertiary/aromatic N) is 1. The second kappa shape index (κ2) is 8.60. The molecule has 0 radical (unpaired) electrons. The van der Waals surface area contributed by atoms with Crippen LogP contribution in [-0.4, -0.2) is 19.1 Å². The molecule has 3 aromatic rings. The second-order valence-corrected chi connectivity index (χ2v) is 6.99. The van der Waals surface area contributed by atoms with Crippen molar-refractivity contribution >= 4 is 5.69 Å². The van der Waals surface area contributed by atoms with E-state index in [9.17, 15) is 0 Å². The number of ether oxygens (including phenoxy) is 1. The van der Waals surface area contributed by atoms with Crippen molar-refractivity contribution in [1.82, 2.24) is 5.32 Å². The van der Waals surface area contributed by atoms with Gasteiger partial charge in [0.15, 0.2) is 5.75 Å². The summed E-state index contributed by atoms with van der Waals surface area (Å²) in [6, 6.07) is 26.4. The molecule has 0 spiro atoms. The van der Waals surface area contributed by atoms with Crippen LogP contribution in [0.3, 0.4) is 0 Å². The summed E-state index contributed by atoms with van der Waals surface area (Å²) in [4.78, 5) is 0. The van der Waals surface area contributed by atoms with Crippen LogP contribution in [-0.2, 0) is 0 Å². The number of benzene rings is 3. The zero-order chi connectivity index (χ0) is 19.2. The van der Waals surface area contributed by atoms with Crippen LogP contribution in [0.4, 0.5) is 5.69 Å². The van der Waals surface area contributed by atoms with E-state index < -0.39 is 0 Å². The molecule has 1 heterocycles. The smallest absolute Gasteiger partial charge is 0.151 e. The van der Waals surface area contributed by atoms with E-state index in [2.05, 4.69) is 47.0 Å². The molecule has 0 aromatic heterocycles. The lowest BCUT2D eigenvalue weighted by molar-refractivity contribution is 0.484. The monoisotopic (exact) mass is 369 g/mol. The van der Waals surface area contributed by atoms with Crippen LogP contribution >= 0.6 is 0 Å². The van der Waals surface area contributed by atoms with Crippen molar-refractivity contribution in [2.24, 2.45) is 0 Å². The highest BCUT2D eigenvalue weighted by Gasteiger charge is 2.15. The Bertz CT molecular complexity index is 955. The molecule has 1 atom stereocenters. The zero-order valence-corrected chi connectivity index (χ0v) is 15.7. The van der Waals surface area contributed by atoms with Gasteiger partial charge >= 0.3 is 0 Å². The minimum Gasteiger partial charge on any atom is -0.455 e. The Morgan fingerprint density at radius 3 is 2.54 bits per heavy atom. The molecule has 1 saturated heterocycles. The number of hydrogen-bond donors (Lipinski definition) is 2. The summed E-state index contributed by atoms with van der Waals surface area (Å²) in [5, 5.41) is 16.0. The van der Waals surface area contributed by atoms with Gasteiger partial charge in [0, 0.05) is 12.6 Å². The minimum absolute atomic E-state index is 0.497. The van der Waals surface area contributed by atoms with Crippen molar-refractivity contribution in [3.8, 4) is 28.7 Å². The summed E-state index contributed by atoms with van der Waals surface area (Å²) >= 11 is 0. The van der Waals surface area contributed by atoms with E-state index in [0.29, 0.717) is 17.4 Å². The summed E-state index contributed by atoms with van der Waals surface area (Å²) in [5.74, 6) is 1.50. The third kappa shape index (κ3) is 4.33. The third-order valence-electron chi connectivity index (χ3n) is 5.00. The van der Waals surface area contributed by atoms with Gasteiger partial charge in [-0.25, -0.2) is 0 Å². The molecule has 0 bridgehead atoms. The van der Waals surface area contributed by atoms with E-state index in [4.69, 9.17) is 10.00 Å². The molecule has 0 aliphatic carbocycles. The Kier molecular flexibility index (Phi) is 5.56. The van der Waals surface area contributed by atoms with Crippen molar-refractivity contribution in [1.29, 1.82) is 5.26 Å². The number of rotatable bonds is 6. The first-order valence-electron chi connectivity index (χ1n) is 9.66. The predicted octanol–water partition coefficient (Wildman–Crippen LogP) is 5.18. The molecule has 0 amide bonds. The summed E-state index contributed by atoms with van der Waals surface area (Å²) in [6.45, 7) is 1.96. The molecule has 140 valence electrons. The van der Waals surface area contributed by atoms with Crippen molar-refractivity contribution in [2.45, 2.75) is 18.9 Å². The van der Waals surface area contributed by atoms with Crippen LogP contribution in [0.25, 0.3) is 11.1 Å². The van der Waals surface area contributed by atoms with Crippen molar-refractivity contribution in [3.63, 3.8) is 0 Å². The van der Waals surface area contributed by atoms with Gasteiger partial charge in [0.05, 0.1) is 17.3 Å². The standard InChI is InChI=1S/C24H23N3O/c25-16-18-8-11-22(12-9-18)28-24-15-20(19-5-2-1-3-6-19)10-13-23(24)27-17-21-7-4-14-26-21/h1-3,5-6,8-13,15,21,26-27H,4,7,14,17H2. The fourth-order valence-electron chi connectivity index (χ4n) is 3.45. The Morgan fingerprint density at radius 2 is 1.82 bits per heavy atom. The van der Waals surface area contributed by atoms with E-state index in [1.807, 2.05) is 30.3 Å². The molecule has 1 aliphatic rings. The van der Waals surface area contributed by atoms with E-state index in [1.165, 1.54) is 12.8 Å². The van der Waals surface area contributed by atoms with Crippen molar-refractivity contribution in [3.05, 3.63) is 78.4 Å². The number of nitrogens with one attached hydrogen (secondary N) is 2. The topological polar surface area (TPSA) is 57.1 Å².